The molecule has 1 aromatic rings. The third-order valence-corrected chi connectivity index (χ3v) is 2.68. The predicted molar refractivity (Wildman–Crippen MR) is 60.0 cm³/mol. The van der Waals surface area contributed by atoms with Gasteiger partial charge in [-0.15, -0.1) is 0 Å². The molecule has 0 fully saturated rings. The summed E-state index contributed by atoms with van der Waals surface area (Å²) in [6.45, 7) is 0. The summed E-state index contributed by atoms with van der Waals surface area (Å²) in [5.41, 5.74) is 0.917. The molecule has 0 saturated carbocycles. The minimum atomic E-state index is -0.372. The molecule has 0 radical (unpaired) electrons. The lowest BCUT2D eigenvalue weighted by Gasteiger charge is -2.22. The molecule has 1 heterocycles. The molecule has 1 aliphatic rings. The van der Waals surface area contributed by atoms with Crippen LogP contribution in [0.1, 0.15) is 18.1 Å². The van der Waals surface area contributed by atoms with Crippen molar-refractivity contribution in [2.24, 2.45) is 0 Å². The Morgan fingerprint density at radius 2 is 2.06 bits per heavy atom. The molecular formula is C12H11ClO3. The predicted octanol–water partition coefficient (Wildman–Crippen LogP) is 2.86. The van der Waals surface area contributed by atoms with E-state index in [0.29, 0.717) is 17.2 Å². The summed E-state index contributed by atoms with van der Waals surface area (Å²) < 4.78 is 10.3. The van der Waals surface area contributed by atoms with Crippen LogP contribution in [0.2, 0.25) is 5.02 Å². The van der Waals surface area contributed by atoms with E-state index in [4.69, 9.17) is 21.1 Å². The molecular weight excluding hydrogens is 228 g/mol. The largest absolute Gasteiger partial charge is 0.501 e. The quantitative estimate of drug-likeness (QED) is 0.744. The molecule has 2 rings (SSSR count). The van der Waals surface area contributed by atoms with Gasteiger partial charge in [-0.2, -0.15) is 0 Å². The molecule has 0 aliphatic carbocycles. The van der Waals surface area contributed by atoms with Crippen LogP contribution < -0.4 is 0 Å². The Balaban J connectivity index is 2.20. The summed E-state index contributed by atoms with van der Waals surface area (Å²) >= 11 is 5.79. The lowest BCUT2D eigenvalue weighted by Crippen LogP contribution is -2.16. The second-order valence-corrected chi connectivity index (χ2v) is 3.93. The molecule has 1 unspecified atom stereocenters. The molecule has 0 saturated heterocycles. The zero-order valence-electron chi connectivity index (χ0n) is 8.77. The van der Waals surface area contributed by atoms with Crippen LogP contribution in [0.5, 0.6) is 0 Å². The number of carbonyl (C=O) groups is 1. The molecule has 0 bridgehead atoms. The Bertz CT molecular complexity index is 422. The maximum atomic E-state index is 11.3. The summed E-state index contributed by atoms with van der Waals surface area (Å²) in [6, 6.07) is 7.24. The Morgan fingerprint density at radius 3 is 2.69 bits per heavy atom. The number of esters is 1. The number of benzene rings is 1. The highest BCUT2D eigenvalue weighted by Crippen LogP contribution is 2.29. The first-order chi connectivity index (χ1) is 7.69. The van der Waals surface area contributed by atoms with Gasteiger partial charge >= 0.3 is 5.97 Å². The third kappa shape index (κ3) is 2.36. The first-order valence-corrected chi connectivity index (χ1v) is 5.27. The first kappa shape index (κ1) is 11.0. The van der Waals surface area contributed by atoms with Crippen LogP contribution in [0.15, 0.2) is 36.1 Å². The Hall–Kier alpha value is -1.48. The minimum absolute atomic E-state index is 0.287. The summed E-state index contributed by atoms with van der Waals surface area (Å²) in [5.74, 6) is 0.263. The summed E-state index contributed by atoms with van der Waals surface area (Å²) in [6.07, 6.45) is 1.64. The van der Waals surface area contributed by atoms with Crippen molar-refractivity contribution < 1.29 is 14.3 Å². The van der Waals surface area contributed by atoms with Gasteiger partial charge in [0.15, 0.2) is 0 Å². The van der Waals surface area contributed by atoms with E-state index in [1.165, 1.54) is 6.08 Å². The minimum Gasteiger partial charge on any atom is -0.501 e. The molecule has 4 heteroatoms. The van der Waals surface area contributed by atoms with Crippen LogP contribution in [-0.2, 0) is 14.3 Å². The van der Waals surface area contributed by atoms with Crippen LogP contribution in [0, 0.1) is 0 Å². The van der Waals surface area contributed by atoms with Crippen molar-refractivity contribution in [1.29, 1.82) is 0 Å². The number of methoxy groups -OCH3 is 1. The van der Waals surface area contributed by atoms with Crippen molar-refractivity contribution in [2.75, 3.05) is 7.11 Å². The maximum absolute atomic E-state index is 11.3. The Morgan fingerprint density at radius 1 is 1.38 bits per heavy atom. The van der Waals surface area contributed by atoms with Crippen LogP contribution in [-0.4, -0.2) is 13.1 Å². The summed E-state index contributed by atoms with van der Waals surface area (Å²) in [5, 5.41) is 0.661. The molecule has 84 valence electrons. The van der Waals surface area contributed by atoms with Gasteiger partial charge in [-0.3, -0.25) is 0 Å². The SMILES string of the molecule is COC1=CC(=O)OC(c2ccc(Cl)cc2)C1. The van der Waals surface area contributed by atoms with Crippen LogP contribution in [0.4, 0.5) is 0 Å². The van der Waals surface area contributed by atoms with Gasteiger partial charge in [-0.1, -0.05) is 23.7 Å². The van der Waals surface area contributed by atoms with Crippen LogP contribution in [0.3, 0.4) is 0 Å². The molecule has 0 amide bonds. The summed E-state index contributed by atoms with van der Waals surface area (Å²) in [4.78, 5) is 11.3. The van der Waals surface area contributed by atoms with E-state index in [-0.39, 0.29) is 12.1 Å². The van der Waals surface area contributed by atoms with Crippen molar-refractivity contribution in [1.82, 2.24) is 0 Å². The molecule has 0 spiro atoms. The average molecular weight is 239 g/mol. The standard InChI is InChI=1S/C12H11ClO3/c1-15-10-6-11(16-12(14)7-10)8-2-4-9(13)5-3-8/h2-5,7,11H,6H2,1H3. The molecule has 0 N–H and O–H groups in total. The molecule has 1 aromatic carbocycles. The zero-order chi connectivity index (χ0) is 11.5. The van der Waals surface area contributed by atoms with E-state index in [9.17, 15) is 4.79 Å². The van der Waals surface area contributed by atoms with Crippen LogP contribution in [0.25, 0.3) is 0 Å². The van der Waals surface area contributed by atoms with Gasteiger partial charge in [0.05, 0.1) is 13.2 Å². The van der Waals surface area contributed by atoms with E-state index < -0.39 is 0 Å². The van der Waals surface area contributed by atoms with Crippen molar-refractivity contribution in [3.8, 4) is 0 Å². The van der Waals surface area contributed by atoms with E-state index in [1.54, 1.807) is 19.2 Å². The molecule has 1 aliphatic heterocycles. The number of ether oxygens (including phenoxy) is 2. The van der Waals surface area contributed by atoms with Gasteiger partial charge in [0, 0.05) is 11.4 Å². The molecule has 16 heavy (non-hydrogen) atoms. The third-order valence-electron chi connectivity index (χ3n) is 2.43. The van der Waals surface area contributed by atoms with Crippen molar-refractivity contribution in [2.45, 2.75) is 12.5 Å². The van der Waals surface area contributed by atoms with Gasteiger partial charge in [0.25, 0.3) is 0 Å². The van der Waals surface area contributed by atoms with E-state index in [1.807, 2.05) is 12.1 Å². The topological polar surface area (TPSA) is 35.5 Å². The van der Waals surface area contributed by atoms with Gasteiger partial charge in [-0.05, 0) is 17.7 Å². The number of hydrogen-bond acceptors (Lipinski definition) is 3. The highest BCUT2D eigenvalue weighted by molar-refractivity contribution is 6.30. The average Bonchev–Trinajstić information content (AvgIpc) is 2.29. The number of rotatable bonds is 2. The first-order valence-electron chi connectivity index (χ1n) is 4.89. The number of carbonyl (C=O) groups excluding carboxylic acids is 1. The zero-order valence-corrected chi connectivity index (χ0v) is 9.53. The second-order valence-electron chi connectivity index (χ2n) is 3.50. The summed E-state index contributed by atoms with van der Waals surface area (Å²) in [7, 11) is 1.54. The Kier molecular flexibility index (Phi) is 3.15. The monoisotopic (exact) mass is 238 g/mol. The fraction of sp³-hybridized carbons (Fsp3) is 0.250. The van der Waals surface area contributed by atoms with E-state index in [2.05, 4.69) is 0 Å². The second kappa shape index (κ2) is 4.58. The van der Waals surface area contributed by atoms with Crippen molar-refractivity contribution in [3.05, 3.63) is 46.7 Å². The van der Waals surface area contributed by atoms with E-state index >= 15 is 0 Å². The van der Waals surface area contributed by atoms with Crippen LogP contribution >= 0.6 is 11.6 Å². The van der Waals surface area contributed by atoms with Crippen molar-refractivity contribution >= 4 is 17.6 Å². The molecule has 0 aromatic heterocycles. The molecule has 3 nitrogen and oxygen atoms in total. The van der Waals surface area contributed by atoms with Gasteiger partial charge in [0.1, 0.15) is 11.9 Å². The number of halogens is 1. The molecule has 1 atom stereocenters. The lowest BCUT2D eigenvalue weighted by molar-refractivity contribution is -0.145. The fourth-order valence-corrected chi connectivity index (χ4v) is 1.72. The highest BCUT2D eigenvalue weighted by atomic mass is 35.5. The highest BCUT2D eigenvalue weighted by Gasteiger charge is 2.23. The smallest absolute Gasteiger partial charge is 0.334 e. The van der Waals surface area contributed by atoms with Crippen molar-refractivity contribution in [3.63, 3.8) is 0 Å². The fourth-order valence-electron chi connectivity index (χ4n) is 1.59. The number of cyclic esters (lactones) is 1. The maximum Gasteiger partial charge on any atom is 0.334 e. The van der Waals surface area contributed by atoms with E-state index in [0.717, 1.165) is 5.56 Å². The lowest BCUT2D eigenvalue weighted by atomic mass is 10.0. The van der Waals surface area contributed by atoms with Gasteiger partial charge in [-0.25, -0.2) is 4.79 Å². The number of hydrogen-bond donors (Lipinski definition) is 0. The van der Waals surface area contributed by atoms with Gasteiger partial charge in [0.2, 0.25) is 0 Å². The Labute approximate surface area is 98.6 Å². The normalized spacial score (nSPS) is 20.0. The van der Waals surface area contributed by atoms with Gasteiger partial charge < -0.3 is 9.47 Å².